The molecule has 1 aliphatic rings. The summed E-state index contributed by atoms with van der Waals surface area (Å²) in [7, 11) is 0. The van der Waals surface area contributed by atoms with E-state index in [2.05, 4.69) is 0 Å². The lowest BCUT2D eigenvalue weighted by Crippen LogP contribution is -2.33. The van der Waals surface area contributed by atoms with Crippen LogP contribution in [0, 0.1) is 13.8 Å². The highest BCUT2D eigenvalue weighted by atomic mass is 16.6. The number of nitrogens with zero attached hydrogens (tertiary/aromatic N) is 1. The van der Waals surface area contributed by atoms with Crippen LogP contribution in [0.25, 0.3) is 0 Å². The number of hydrogen-bond donors (Lipinski definition) is 0. The van der Waals surface area contributed by atoms with Crippen LogP contribution in [0.1, 0.15) is 32.3 Å². The predicted octanol–water partition coefficient (Wildman–Crippen LogP) is 3.58. The maximum atomic E-state index is 12.6. The number of benzene rings is 1. The van der Waals surface area contributed by atoms with Gasteiger partial charge in [-0.15, -0.1) is 0 Å². The van der Waals surface area contributed by atoms with Gasteiger partial charge < -0.3 is 23.2 Å². The first kappa shape index (κ1) is 18.9. The van der Waals surface area contributed by atoms with Gasteiger partial charge in [0.15, 0.2) is 24.2 Å². The molecule has 0 N–H and O–H groups in total. The number of para-hydroxylation sites is 2. The minimum Gasteiger partial charge on any atom is -0.486 e. The molecule has 1 aromatic carbocycles. The smallest absolute Gasteiger partial charge is 0.374 e. The lowest BCUT2D eigenvalue weighted by atomic mass is 10.1. The molecule has 1 unspecified atom stereocenters. The van der Waals surface area contributed by atoms with Crippen molar-refractivity contribution in [3.05, 3.63) is 71.4 Å². The highest BCUT2D eigenvalue weighted by molar-refractivity contribution is 6.00. The van der Waals surface area contributed by atoms with Crippen molar-refractivity contribution in [2.45, 2.75) is 26.5 Å². The number of esters is 1. The fraction of sp³-hybridized carbons (Fsp3) is 0.273. The summed E-state index contributed by atoms with van der Waals surface area (Å²) in [4.78, 5) is 24.4. The molecule has 4 rings (SSSR count). The summed E-state index contributed by atoms with van der Waals surface area (Å²) in [5.74, 6) is 0.586. The Morgan fingerprint density at radius 2 is 1.93 bits per heavy atom. The molecule has 29 heavy (non-hydrogen) atoms. The minimum absolute atomic E-state index is 0.0676. The Kier molecular flexibility index (Phi) is 5.12. The molecule has 7 nitrogen and oxygen atoms in total. The maximum absolute atomic E-state index is 12.6. The number of rotatable bonds is 6. The van der Waals surface area contributed by atoms with Crippen molar-refractivity contribution >= 4 is 11.8 Å². The molecule has 0 saturated carbocycles. The van der Waals surface area contributed by atoms with Crippen molar-refractivity contribution in [1.29, 1.82) is 0 Å². The molecular formula is C22H21NO6. The number of ether oxygens (including phenoxy) is 3. The van der Waals surface area contributed by atoms with Crippen molar-refractivity contribution in [3.8, 4) is 11.5 Å². The van der Waals surface area contributed by atoms with Crippen LogP contribution in [-0.4, -0.2) is 35.6 Å². The molecule has 3 heterocycles. The van der Waals surface area contributed by atoms with E-state index in [4.69, 9.17) is 18.6 Å². The number of furan rings is 1. The molecular weight excluding hydrogens is 374 g/mol. The molecule has 0 fully saturated rings. The second kappa shape index (κ2) is 7.87. The van der Waals surface area contributed by atoms with Crippen LogP contribution >= 0.6 is 0 Å². The third kappa shape index (κ3) is 3.89. The largest absolute Gasteiger partial charge is 0.486 e. The van der Waals surface area contributed by atoms with Gasteiger partial charge in [-0.25, -0.2) is 4.79 Å². The first-order valence-electron chi connectivity index (χ1n) is 9.32. The third-order valence-corrected chi connectivity index (χ3v) is 4.88. The van der Waals surface area contributed by atoms with Crippen LogP contribution in [0.15, 0.2) is 53.1 Å². The zero-order chi connectivity index (χ0) is 20.4. The zero-order valence-corrected chi connectivity index (χ0v) is 16.2. The van der Waals surface area contributed by atoms with Gasteiger partial charge in [-0.3, -0.25) is 4.79 Å². The molecule has 1 atom stereocenters. The summed E-state index contributed by atoms with van der Waals surface area (Å²) in [5, 5.41) is 0. The van der Waals surface area contributed by atoms with E-state index in [1.165, 1.54) is 12.3 Å². The normalized spacial score (nSPS) is 15.2. The standard InChI is InChI=1S/C22H21NO6/c1-14-10-17(18(24)13-28-22(25)21-8-5-9-26-21)15(2)23(14)11-16-12-27-19-6-3-4-7-20(19)29-16/h3-10,16H,11-13H2,1-2H3. The average Bonchev–Trinajstić information content (AvgIpc) is 3.36. The molecule has 0 saturated heterocycles. The van der Waals surface area contributed by atoms with Crippen LogP contribution in [-0.2, 0) is 11.3 Å². The monoisotopic (exact) mass is 395 g/mol. The van der Waals surface area contributed by atoms with Gasteiger partial charge in [-0.2, -0.15) is 0 Å². The summed E-state index contributed by atoms with van der Waals surface area (Å²) in [5.41, 5.74) is 2.24. The SMILES string of the molecule is Cc1cc(C(=O)COC(=O)c2ccco2)c(C)n1CC1COc2ccccc2O1. The van der Waals surface area contributed by atoms with Gasteiger partial charge >= 0.3 is 5.97 Å². The topological polar surface area (TPSA) is 79.9 Å². The Morgan fingerprint density at radius 3 is 2.69 bits per heavy atom. The number of fused-ring (bicyclic) bond motifs is 1. The molecule has 7 heteroatoms. The number of hydrogen-bond acceptors (Lipinski definition) is 6. The van der Waals surface area contributed by atoms with Crippen molar-refractivity contribution < 1.29 is 28.2 Å². The Labute approximate surface area is 167 Å². The van der Waals surface area contributed by atoms with Crippen molar-refractivity contribution in [2.75, 3.05) is 13.2 Å². The predicted molar refractivity (Wildman–Crippen MR) is 104 cm³/mol. The van der Waals surface area contributed by atoms with Crippen LogP contribution in [0.2, 0.25) is 0 Å². The quantitative estimate of drug-likeness (QED) is 0.469. The van der Waals surface area contributed by atoms with Crippen LogP contribution in [0.5, 0.6) is 11.5 Å². The highest BCUT2D eigenvalue weighted by Crippen LogP contribution is 2.31. The van der Waals surface area contributed by atoms with Gasteiger partial charge in [0.05, 0.1) is 12.8 Å². The van der Waals surface area contributed by atoms with E-state index in [1.807, 2.05) is 42.7 Å². The number of carbonyl (C=O) groups is 2. The molecule has 3 aromatic rings. The summed E-state index contributed by atoms with van der Waals surface area (Å²) in [6.45, 7) is 4.42. The van der Waals surface area contributed by atoms with E-state index in [9.17, 15) is 9.59 Å². The lowest BCUT2D eigenvalue weighted by molar-refractivity contribution is 0.0443. The summed E-state index contributed by atoms with van der Waals surface area (Å²) < 4.78 is 23.8. The first-order valence-corrected chi connectivity index (χ1v) is 9.32. The van der Waals surface area contributed by atoms with Gasteiger partial charge in [0.1, 0.15) is 6.61 Å². The zero-order valence-electron chi connectivity index (χ0n) is 16.2. The summed E-state index contributed by atoms with van der Waals surface area (Å²) in [6.07, 6.45) is 1.20. The Morgan fingerprint density at radius 1 is 1.14 bits per heavy atom. The van der Waals surface area contributed by atoms with Gasteiger partial charge in [0.2, 0.25) is 11.5 Å². The Balaban J connectivity index is 1.42. The average molecular weight is 395 g/mol. The van der Waals surface area contributed by atoms with E-state index in [-0.39, 0.29) is 24.3 Å². The number of aromatic nitrogens is 1. The van der Waals surface area contributed by atoms with Gasteiger partial charge in [-0.05, 0) is 44.2 Å². The van der Waals surface area contributed by atoms with Gasteiger partial charge in [0.25, 0.3) is 0 Å². The van der Waals surface area contributed by atoms with Gasteiger partial charge in [0, 0.05) is 17.0 Å². The van der Waals surface area contributed by atoms with Crippen molar-refractivity contribution in [3.63, 3.8) is 0 Å². The van der Waals surface area contributed by atoms with Crippen LogP contribution in [0.3, 0.4) is 0 Å². The number of aryl methyl sites for hydroxylation is 1. The fourth-order valence-electron chi connectivity index (χ4n) is 3.40. The highest BCUT2D eigenvalue weighted by Gasteiger charge is 2.24. The van der Waals surface area contributed by atoms with E-state index >= 15 is 0 Å². The van der Waals surface area contributed by atoms with E-state index < -0.39 is 5.97 Å². The minimum atomic E-state index is -0.663. The van der Waals surface area contributed by atoms with Crippen molar-refractivity contribution in [1.82, 2.24) is 4.57 Å². The van der Waals surface area contributed by atoms with Crippen LogP contribution in [0.4, 0.5) is 0 Å². The molecule has 0 aliphatic carbocycles. The van der Waals surface area contributed by atoms with Crippen molar-refractivity contribution in [2.24, 2.45) is 0 Å². The molecule has 0 spiro atoms. The molecule has 0 radical (unpaired) electrons. The first-order chi connectivity index (χ1) is 14.0. The Bertz CT molecular complexity index is 1030. The van der Waals surface area contributed by atoms with Gasteiger partial charge in [-0.1, -0.05) is 12.1 Å². The van der Waals surface area contributed by atoms with Crippen LogP contribution < -0.4 is 9.47 Å². The Hall–Kier alpha value is -3.48. The second-order valence-corrected chi connectivity index (χ2v) is 6.87. The third-order valence-electron chi connectivity index (χ3n) is 4.88. The number of ketones is 1. The maximum Gasteiger partial charge on any atom is 0.374 e. The number of carbonyl (C=O) groups excluding carboxylic acids is 2. The molecule has 0 amide bonds. The molecule has 150 valence electrons. The molecule has 1 aliphatic heterocycles. The van der Waals surface area contributed by atoms with E-state index in [0.29, 0.717) is 24.5 Å². The summed E-state index contributed by atoms with van der Waals surface area (Å²) in [6, 6.07) is 12.4. The van der Waals surface area contributed by atoms with E-state index in [1.54, 1.807) is 12.1 Å². The molecule has 2 aromatic heterocycles. The summed E-state index contributed by atoms with van der Waals surface area (Å²) >= 11 is 0. The molecule has 0 bridgehead atoms. The number of Topliss-reactive ketones (excluding diaryl/α,β-unsaturated/α-hetero) is 1. The lowest BCUT2D eigenvalue weighted by Gasteiger charge is -2.27. The second-order valence-electron chi connectivity index (χ2n) is 6.87. The fourth-order valence-corrected chi connectivity index (χ4v) is 3.40. The van der Waals surface area contributed by atoms with E-state index in [0.717, 1.165) is 17.1 Å².